The third-order valence-corrected chi connectivity index (χ3v) is 6.67. The second-order valence-electron chi connectivity index (χ2n) is 8.88. The lowest BCUT2D eigenvalue weighted by molar-refractivity contribution is -0.0888. The molecule has 7 nitrogen and oxygen atoms in total. The number of amides is 2. The molecule has 2 aromatic carbocycles. The van der Waals surface area contributed by atoms with Crippen LogP contribution in [0.5, 0.6) is 0 Å². The summed E-state index contributed by atoms with van der Waals surface area (Å²) in [4.78, 5) is 28.5. The summed E-state index contributed by atoms with van der Waals surface area (Å²) in [7, 11) is 0. The fraction of sp³-hybridized carbons (Fsp3) is 0.462. The molecule has 0 bridgehead atoms. The quantitative estimate of drug-likeness (QED) is 0.627. The molecule has 2 aromatic rings. The molecular weight excluding hydrogens is 418 g/mol. The standard InChI is InChI=1S/C26H33N3O4/c1-3-29(4-2)24(30)20-11-13-21(14-12-20)26(18-28(15-16-33-26)17-19-9-10-19)22-7-5-6-8-23(22)27-25(31)32/h5-8,11-14,19,27H,3-4,9-10,15-18H2,1-2H3,(H,31,32). The van der Waals surface area contributed by atoms with Crippen molar-refractivity contribution < 1.29 is 19.4 Å². The zero-order valence-corrected chi connectivity index (χ0v) is 19.4. The van der Waals surface area contributed by atoms with E-state index < -0.39 is 11.7 Å². The van der Waals surface area contributed by atoms with Crippen molar-refractivity contribution in [2.24, 2.45) is 5.92 Å². The number of rotatable bonds is 8. The molecule has 2 amide bonds. The Morgan fingerprint density at radius 1 is 1.12 bits per heavy atom. The molecule has 2 N–H and O–H groups in total. The van der Waals surface area contributed by atoms with Gasteiger partial charge in [-0.15, -0.1) is 0 Å². The van der Waals surface area contributed by atoms with Gasteiger partial charge in [-0.1, -0.05) is 30.3 Å². The van der Waals surface area contributed by atoms with Crippen molar-refractivity contribution in [1.82, 2.24) is 9.80 Å². The summed E-state index contributed by atoms with van der Waals surface area (Å²) in [5, 5.41) is 12.0. The second-order valence-corrected chi connectivity index (χ2v) is 8.88. The van der Waals surface area contributed by atoms with Crippen LogP contribution < -0.4 is 5.32 Å². The van der Waals surface area contributed by atoms with Gasteiger partial charge in [0, 0.05) is 43.9 Å². The molecule has 1 atom stereocenters. The van der Waals surface area contributed by atoms with Crippen LogP contribution in [0.3, 0.4) is 0 Å². The van der Waals surface area contributed by atoms with Gasteiger partial charge in [0.05, 0.1) is 12.3 Å². The van der Waals surface area contributed by atoms with Crippen LogP contribution >= 0.6 is 0 Å². The maximum absolute atomic E-state index is 12.8. The van der Waals surface area contributed by atoms with Crippen molar-refractivity contribution in [3.8, 4) is 0 Å². The highest BCUT2D eigenvalue weighted by Crippen LogP contribution is 2.42. The van der Waals surface area contributed by atoms with Gasteiger partial charge in [-0.25, -0.2) is 4.79 Å². The molecule has 1 saturated heterocycles. The summed E-state index contributed by atoms with van der Waals surface area (Å²) in [6.07, 6.45) is 1.43. The van der Waals surface area contributed by atoms with Gasteiger partial charge in [0.15, 0.2) is 0 Å². The van der Waals surface area contributed by atoms with Crippen molar-refractivity contribution in [1.29, 1.82) is 0 Å². The number of benzene rings is 2. The van der Waals surface area contributed by atoms with Gasteiger partial charge in [0.1, 0.15) is 5.60 Å². The number of para-hydroxylation sites is 1. The number of nitrogens with one attached hydrogen (secondary N) is 1. The molecule has 1 heterocycles. The Bertz CT molecular complexity index is 985. The number of hydrogen-bond donors (Lipinski definition) is 2. The van der Waals surface area contributed by atoms with Crippen LogP contribution in [0.2, 0.25) is 0 Å². The van der Waals surface area contributed by atoms with Crippen LogP contribution in [0.4, 0.5) is 10.5 Å². The molecular formula is C26H33N3O4. The van der Waals surface area contributed by atoms with E-state index in [9.17, 15) is 14.7 Å². The van der Waals surface area contributed by atoms with Crippen LogP contribution in [0.25, 0.3) is 0 Å². The Balaban J connectivity index is 1.74. The number of carbonyl (C=O) groups excluding carboxylic acids is 1. The summed E-state index contributed by atoms with van der Waals surface area (Å²) >= 11 is 0. The number of carbonyl (C=O) groups is 2. The Morgan fingerprint density at radius 3 is 2.45 bits per heavy atom. The maximum atomic E-state index is 12.8. The van der Waals surface area contributed by atoms with E-state index in [4.69, 9.17) is 4.74 Å². The van der Waals surface area contributed by atoms with E-state index in [1.807, 2.05) is 56.3 Å². The van der Waals surface area contributed by atoms with Crippen molar-refractivity contribution in [3.05, 3.63) is 65.2 Å². The fourth-order valence-corrected chi connectivity index (χ4v) is 4.74. The van der Waals surface area contributed by atoms with E-state index in [1.54, 1.807) is 11.0 Å². The highest BCUT2D eigenvalue weighted by Gasteiger charge is 2.43. The smallest absolute Gasteiger partial charge is 0.409 e. The van der Waals surface area contributed by atoms with Crippen molar-refractivity contribution in [3.63, 3.8) is 0 Å². The van der Waals surface area contributed by atoms with E-state index in [-0.39, 0.29) is 5.91 Å². The van der Waals surface area contributed by atoms with Crippen molar-refractivity contribution in [2.45, 2.75) is 32.3 Å². The van der Waals surface area contributed by atoms with Crippen LogP contribution in [0, 0.1) is 5.92 Å². The highest BCUT2D eigenvalue weighted by atomic mass is 16.5. The predicted molar refractivity (Wildman–Crippen MR) is 128 cm³/mol. The average Bonchev–Trinajstić information content (AvgIpc) is 3.64. The second kappa shape index (κ2) is 9.93. The lowest BCUT2D eigenvalue weighted by Crippen LogP contribution is -2.51. The van der Waals surface area contributed by atoms with Gasteiger partial charge in [0.25, 0.3) is 5.91 Å². The Morgan fingerprint density at radius 2 is 1.82 bits per heavy atom. The molecule has 0 radical (unpaired) electrons. The maximum Gasteiger partial charge on any atom is 0.409 e. The number of carboxylic acid groups (broad SMARTS) is 1. The molecule has 33 heavy (non-hydrogen) atoms. The van der Waals surface area contributed by atoms with Gasteiger partial charge in [-0.3, -0.25) is 15.0 Å². The Kier molecular flexibility index (Phi) is 7.00. The minimum Gasteiger partial charge on any atom is -0.465 e. The van der Waals surface area contributed by atoms with E-state index in [0.29, 0.717) is 37.5 Å². The largest absolute Gasteiger partial charge is 0.465 e. The van der Waals surface area contributed by atoms with Gasteiger partial charge in [-0.2, -0.15) is 0 Å². The molecule has 0 spiro atoms. The summed E-state index contributed by atoms with van der Waals surface area (Å²) in [6, 6.07) is 15.0. The normalized spacial score (nSPS) is 20.9. The van der Waals surface area contributed by atoms with Crippen LogP contribution in [-0.4, -0.2) is 66.2 Å². The number of anilines is 1. The van der Waals surface area contributed by atoms with E-state index in [0.717, 1.165) is 30.1 Å². The zero-order valence-electron chi connectivity index (χ0n) is 19.4. The van der Waals surface area contributed by atoms with Crippen molar-refractivity contribution >= 4 is 17.7 Å². The molecule has 4 rings (SSSR count). The van der Waals surface area contributed by atoms with E-state index in [2.05, 4.69) is 10.2 Å². The fourth-order valence-electron chi connectivity index (χ4n) is 4.74. The lowest BCUT2D eigenvalue weighted by atomic mass is 9.83. The lowest BCUT2D eigenvalue weighted by Gasteiger charge is -2.44. The van der Waals surface area contributed by atoms with Gasteiger partial charge >= 0.3 is 6.09 Å². The Hall–Kier alpha value is -2.90. The van der Waals surface area contributed by atoms with Gasteiger partial charge in [-0.05, 0) is 56.4 Å². The predicted octanol–water partition coefficient (Wildman–Crippen LogP) is 4.24. The number of ether oxygens (including phenoxy) is 1. The Labute approximate surface area is 195 Å². The summed E-state index contributed by atoms with van der Waals surface area (Å²) in [5.74, 6) is 0.746. The number of morpholine rings is 1. The molecule has 1 aliphatic heterocycles. The highest BCUT2D eigenvalue weighted by molar-refractivity contribution is 5.94. The first kappa shape index (κ1) is 23.3. The third kappa shape index (κ3) is 5.04. The first-order valence-corrected chi connectivity index (χ1v) is 11.8. The molecule has 176 valence electrons. The van der Waals surface area contributed by atoms with Gasteiger partial charge < -0.3 is 14.7 Å². The topological polar surface area (TPSA) is 82.1 Å². The summed E-state index contributed by atoms with van der Waals surface area (Å²) in [5.41, 5.74) is 2.03. The molecule has 7 heteroatoms. The summed E-state index contributed by atoms with van der Waals surface area (Å²) < 4.78 is 6.51. The van der Waals surface area contributed by atoms with Gasteiger partial charge in [0.2, 0.25) is 0 Å². The van der Waals surface area contributed by atoms with Crippen LogP contribution in [-0.2, 0) is 10.3 Å². The SMILES string of the molecule is CCN(CC)C(=O)c1ccc(C2(c3ccccc3NC(=O)O)CN(CC3CC3)CCO2)cc1. The molecule has 1 saturated carbocycles. The molecule has 1 unspecified atom stereocenters. The molecule has 2 fully saturated rings. The van der Waals surface area contributed by atoms with Crippen LogP contribution in [0.15, 0.2) is 48.5 Å². The molecule has 2 aliphatic rings. The van der Waals surface area contributed by atoms with E-state index in [1.165, 1.54) is 12.8 Å². The minimum atomic E-state index is -1.11. The van der Waals surface area contributed by atoms with Crippen LogP contribution in [0.1, 0.15) is 48.2 Å². The zero-order chi connectivity index (χ0) is 23.4. The number of nitrogens with zero attached hydrogens (tertiary/aromatic N) is 2. The van der Waals surface area contributed by atoms with Crippen molar-refractivity contribution in [2.75, 3.05) is 44.6 Å². The first-order chi connectivity index (χ1) is 16.0. The summed E-state index contributed by atoms with van der Waals surface area (Å²) in [6.45, 7) is 8.33. The third-order valence-electron chi connectivity index (χ3n) is 6.67. The average molecular weight is 452 g/mol. The minimum absolute atomic E-state index is 0.00784. The van der Waals surface area contributed by atoms with E-state index >= 15 is 0 Å². The molecule has 1 aliphatic carbocycles. The molecule has 0 aromatic heterocycles. The first-order valence-electron chi connectivity index (χ1n) is 11.8. The number of hydrogen-bond acceptors (Lipinski definition) is 4. The monoisotopic (exact) mass is 451 g/mol.